The third-order valence-electron chi connectivity index (χ3n) is 2.53. The molecule has 1 atom stereocenters. The minimum absolute atomic E-state index is 0.155. The summed E-state index contributed by atoms with van der Waals surface area (Å²) in [7, 11) is -0.829. The summed E-state index contributed by atoms with van der Waals surface area (Å²) >= 11 is 0. The van der Waals surface area contributed by atoms with Gasteiger partial charge in [0.1, 0.15) is 11.6 Å². The maximum atomic E-state index is 11.9. The predicted octanol–water partition coefficient (Wildman–Crippen LogP) is 2.31. The number of anilines is 1. The van der Waals surface area contributed by atoms with Gasteiger partial charge in [0.2, 0.25) is 0 Å². The largest absolute Gasteiger partial charge is 0.369 e. The quantitative estimate of drug-likeness (QED) is 0.891. The first-order valence-electron chi connectivity index (χ1n) is 6.30. The second kappa shape index (κ2) is 6.27. The summed E-state index contributed by atoms with van der Waals surface area (Å²) in [6, 6.07) is 1.95. The van der Waals surface area contributed by atoms with Crippen molar-refractivity contribution in [3.63, 3.8) is 0 Å². The summed E-state index contributed by atoms with van der Waals surface area (Å²) in [5.74, 6) is 2.23. The Bertz CT molecular complexity index is 427. The number of rotatable bonds is 5. The molecule has 0 amide bonds. The molecule has 0 saturated heterocycles. The number of hydrogen-bond donors (Lipinski definition) is 1. The van der Waals surface area contributed by atoms with Crippen molar-refractivity contribution in [3.05, 3.63) is 17.6 Å². The number of nitrogens with zero attached hydrogens (tertiary/aromatic N) is 2. The molecule has 1 heterocycles. The second-order valence-electron chi connectivity index (χ2n) is 5.23. The molecule has 0 aliphatic heterocycles. The Kier molecular flexibility index (Phi) is 5.26. The van der Waals surface area contributed by atoms with E-state index in [0.29, 0.717) is 12.3 Å². The van der Waals surface area contributed by atoms with E-state index in [1.165, 1.54) is 0 Å². The van der Waals surface area contributed by atoms with E-state index in [4.69, 9.17) is 0 Å². The molecule has 0 aliphatic carbocycles. The Hall–Kier alpha value is -0.970. The molecule has 0 saturated carbocycles. The highest BCUT2D eigenvalue weighted by Crippen LogP contribution is 2.12. The Balaban J connectivity index is 2.54. The van der Waals surface area contributed by atoms with Gasteiger partial charge in [0.15, 0.2) is 0 Å². The van der Waals surface area contributed by atoms with E-state index >= 15 is 0 Å². The molecule has 1 aromatic rings. The van der Waals surface area contributed by atoms with E-state index in [0.717, 1.165) is 23.8 Å². The molecule has 1 aromatic heterocycles. The molecule has 0 bridgehead atoms. The molecule has 1 unspecified atom stereocenters. The average Bonchev–Trinajstić information content (AvgIpc) is 2.26. The van der Waals surface area contributed by atoms with E-state index < -0.39 is 10.8 Å². The Morgan fingerprint density at radius 1 is 1.33 bits per heavy atom. The van der Waals surface area contributed by atoms with Crippen LogP contribution < -0.4 is 5.32 Å². The van der Waals surface area contributed by atoms with Crippen LogP contribution in [-0.4, -0.2) is 31.2 Å². The summed E-state index contributed by atoms with van der Waals surface area (Å²) in [4.78, 5) is 8.64. The standard InChI is InChI=1S/C13H23N3OS/c1-6-11-9-12(16-10(2)15-11)14-7-8-18(17)13(3,4)5/h9H,6-8H2,1-5H3,(H,14,15,16). The maximum Gasteiger partial charge on any atom is 0.129 e. The van der Waals surface area contributed by atoms with Crippen LogP contribution in [0.25, 0.3) is 0 Å². The highest BCUT2D eigenvalue weighted by atomic mass is 32.2. The fourth-order valence-electron chi connectivity index (χ4n) is 1.48. The predicted molar refractivity (Wildman–Crippen MR) is 77.4 cm³/mol. The molecule has 0 aromatic carbocycles. The highest BCUT2D eigenvalue weighted by molar-refractivity contribution is 7.86. The lowest BCUT2D eigenvalue weighted by Crippen LogP contribution is -2.27. The third kappa shape index (κ3) is 4.72. The van der Waals surface area contributed by atoms with E-state index in [1.807, 2.05) is 33.8 Å². The van der Waals surface area contributed by atoms with Crippen molar-refractivity contribution in [1.82, 2.24) is 9.97 Å². The zero-order valence-electron chi connectivity index (χ0n) is 11.9. The molecule has 102 valence electrons. The Morgan fingerprint density at radius 2 is 2.00 bits per heavy atom. The Labute approximate surface area is 112 Å². The van der Waals surface area contributed by atoms with Gasteiger partial charge in [-0.2, -0.15) is 0 Å². The minimum atomic E-state index is -0.829. The average molecular weight is 269 g/mol. The molecule has 0 aliphatic rings. The third-order valence-corrected chi connectivity index (χ3v) is 4.47. The van der Waals surface area contributed by atoms with Gasteiger partial charge in [-0.05, 0) is 34.1 Å². The monoisotopic (exact) mass is 269 g/mol. The molecule has 18 heavy (non-hydrogen) atoms. The minimum Gasteiger partial charge on any atom is -0.369 e. The van der Waals surface area contributed by atoms with Crippen molar-refractivity contribution in [3.8, 4) is 0 Å². The summed E-state index contributed by atoms with van der Waals surface area (Å²) in [5.41, 5.74) is 1.03. The summed E-state index contributed by atoms with van der Waals surface area (Å²) in [5, 5.41) is 3.22. The second-order valence-corrected chi connectivity index (χ2v) is 7.56. The maximum absolute atomic E-state index is 11.9. The van der Waals surface area contributed by atoms with Crippen LogP contribution in [-0.2, 0) is 17.2 Å². The van der Waals surface area contributed by atoms with Gasteiger partial charge in [-0.25, -0.2) is 9.97 Å². The van der Waals surface area contributed by atoms with Crippen LogP contribution in [0.5, 0.6) is 0 Å². The van der Waals surface area contributed by atoms with E-state index in [2.05, 4.69) is 22.2 Å². The van der Waals surface area contributed by atoms with E-state index in [9.17, 15) is 4.21 Å². The SMILES string of the molecule is CCc1cc(NCCS(=O)C(C)(C)C)nc(C)n1. The van der Waals surface area contributed by atoms with Crippen LogP contribution in [0.1, 0.15) is 39.2 Å². The molecule has 0 fully saturated rings. The number of aryl methyl sites for hydroxylation is 2. The molecule has 0 radical (unpaired) electrons. The number of aromatic nitrogens is 2. The smallest absolute Gasteiger partial charge is 0.129 e. The van der Waals surface area contributed by atoms with Gasteiger partial charge in [-0.3, -0.25) is 4.21 Å². The van der Waals surface area contributed by atoms with E-state index in [1.54, 1.807) is 0 Å². The van der Waals surface area contributed by atoms with Crippen LogP contribution in [0.3, 0.4) is 0 Å². The van der Waals surface area contributed by atoms with Crippen molar-refractivity contribution in [2.45, 2.75) is 45.8 Å². The van der Waals surface area contributed by atoms with E-state index in [-0.39, 0.29) is 4.75 Å². The van der Waals surface area contributed by atoms with Crippen molar-refractivity contribution in [2.24, 2.45) is 0 Å². The van der Waals surface area contributed by atoms with Gasteiger partial charge in [0.05, 0.1) is 0 Å². The topological polar surface area (TPSA) is 54.9 Å². The lowest BCUT2D eigenvalue weighted by Gasteiger charge is -2.17. The van der Waals surface area contributed by atoms with Crippen molar-refractivity contribution < 1.29 is 4.21 Å². The lowest BCUT2D eigenvalue weighted by molar-refractivity contribution is 0.649. The van der Waals surface area contributed by atoms with Crippen molar-refractivity contribution in [1.29, 1.82) is 0 Å². The highest BCUT2D eigenvalue weighted by Gasteiger charge is 2.18. The first-order valence-corrected chi connectivity index (χ1v) is 7.61. The molecule has 4 nitrogen and oxygen atoms in total. The summed E-state index contributed by atoms with van der Waals surface area (Å²) < 4.78 is 11.7. The molecular weight excluding hydrogens is 246 g/mol. The fraction of sp³-hybridized carbons (Fsp3) is 0.692. The zero-order valence-corrected chi connectivity index (χ0v) is 12.7. The van der Waals surface area contributed by atoms with Crippen molar-refractivity contribution in [2.75, 3.05) is 17.6 Å². The van der Waals surface area contributed by atoms with Gasteiger partial charge >= 0.3 is 0 Å². The first-order chi connectivity index (χ1) is 8.32. The Morgan fingerprint density at radius 3 is 2.56 bits per heavy atom. The summed E-state index contributed by atoms with van der Waals surface area (Å²) in [6.45, 7) is 10.6. The molecule has 1 rings (SSSR count). The normalized spacial score (nSPS) is 13.4. The van der Waals surface area contributed by atoms with Crippen LogP contribution in [0, 0.1) is 6.92 Å². The number of hydrogen-bond acceptors (Lipinski definition) is 4. The molecule has 0 spiro atoms. The van der Waals surface area contributed by atoms with Gasteiger partial charge in [0, 0.05) is 39.6 Å². The van der Waals surface area contributed by atoms with Crippen LogP contribution >= 0.6 is 0 Å². The van der Waals surface area contributed by atoms with Gasteiger partial charge in [0.25, 0.3) is 0 Å². The summed E-state index contributed by atoms with van der Waals surface area (Å²) in [6.07, 6.45) is 0.895. The van der Waals surface area contributed by atoms with Crippen LogP contribution in [0.2, 0.25) is 0 Å². The lowest BCUT2D eigenvalue weighted by atomic mass is 10.3. The van der Waals surface area contributed by atoms with Crippen molar-refractivity contribution >= 4 is 16.6 Å². The van der Waals surface area contributed by atoms with Gasteiger partial charge < -0.3 is 5.32 Å². The number of nitrogens with one attached hydrogen (secondary N) is 1. The zero-order chi connectivity index (χ0) is 13.8. The van der Waals surface area contributed by atoms with Gasteiger partial charge in [-0.15, -0.1) is 0 Å². The molecular formula is C13H23N3OS. The van der Waals surface area contributed by atoms with Crippen LogP contribution in [0.4, 0.5) is 5.82 Å². The van der Waals surface area contributed by atoms with Crippen LogP contribution in [0.15, 0.2) is 6.07 Å². The fourth-order valence-corrected chi connectivity index (χ4v) is 2.38. The molecule has 5 heteroatoms. The molecule has 1 N–H and O–H groups in total. The first kappa shape index (κ1) is 15.1. The van der Waals surface area contributed by atoms with Gasteiger partial charge in [-0.1, -0.05) is 6.92 Å².